The van der Waals surface area contributed by atoms with Crippen LogP contribution >= 0.6 is 0 Å². The Hall–Kier alpha value is -3.70. The van der Waals surface area contributed by atoms with E-state index >= 15 is 0 Å². The summed E-state index contributed by atoms with van der Waals surface area (Å²) in [6, 6.07) is 29.2. The largest absolute Gasteiger partial charge is 0.378 e. The molecule has 0 spiro atoms. The van der Waals surface area contributed by atoms with Crippen LogP contribution in [-0.4, -0.2) is 25.7 Å². The van der Waals surface area contributed by atoms with Crippen LogP contribution in [0.5, 0.6) is 0 Å². The van der Waals surface area contributed by atoms with E-state index in [0.29, 0.717) is 0 Å². The van der Waals surface area contributed by atoms with E-state index in [1.54, 1.807) is 0 Å². The number of rotatable bonds is 5. The highest BCUT2D eigenvalue weighted by Gasteiger charge is 2.38. The van der Waals surface area contributed by atoms with Gasteiger partial charge in [-0.1, -0.05) is 72.8 Å². The van der Waals surface area contributed by atoms with Gasteiger partial charge >= 0.3 is 0 Å². The number of nitrogens with one attached hydrogen (secondary N) is 1. The molecule has 5 heteroatoms. The maximum absolute atomic E-state index is 12.1. The van der Waals surface area contributed by atoms with E-state index in [9.17, 15) is 5.11 Å². The van der Waals surface area contributed by atoms with Crippen LogP contribution in [0.25, 0.3) is 16.6 Å². The number of nitrogens with zero attached hydrogens (tertiary/aromatic N) is 3. The third-order valence-electron chi connectivity index (χ3n) is 5.83. The molecule has 0 saturated heterocycles. The summed E-state index contributed by atoms with van der Waals surface area (Å²) in [5, 5.41) is 21.1. The Morgan fingerprint density at radius 3 is 2.10 bits per heavy atom. The summed E-state index contributed by atoms with van der Waals surface area (Å²) in [5.74, 6) is 0.723. The van der Waals surface area contributed by atoms with Crippen molar-refractivity contribution >= 4 is 22.4 Å². The van der Waals surface area contributed by atoms with E-state index in [4.69, 9.17) is 4.98 Å². The van der Waals surface area contributed by atoms with Gasteiger partial charge in [-0.25, -0.2) is 9.50 Å². The third-order valence-corrected chi connectivity index (χ3v) is 5.83. The highest BCUT2D eigenvalue weighted by atomic mass is 16.3. The topological polar surface area (TPSA) is 62.5 Å². The molecule has 0 aliphatic carbocycles. The van der Waals surface area contributed by atoms with Crippen molar-refractivity contribution in [1.29, 1.82) is 0 Å². The molecule has 0 fully saturated rings. The van der Waals surface area contributed by atoms with Gasteiger partial charge in [0.2, 0.25) is 0 Å². The van der Waals surface area contributed by atoms with Gasteiger partial charge in [-0.2, -0.15) is 5.10 Å². The van der Waals surface area contributed by atoms with Crippen LogP contribution in [0.15, 0.2) is 91.0 Å². The fraction of sp³-hybridized carbons (Fsp3) is 0.154. The Labute approximate surface area is 181 Å². The fourth-order valence-corrected chi connectivity index (χ4v) is 4.25. The summed E-state index contributed by atoms with van der Waals surface area (Å²) in [6.45, 7) is 3.95. The molecule has 0 bridgehead atoms. The standard InChI is InChI=1S/C26H24N4O/c1-18-17-24-28-25(22-15-9-10-16-23(22)30(24)29-18)27-19(2)26(31,20-11-5-3-6-12-20)21-13-7-4-8-14-21/h3-17,19,31H,1-2H3,(H,27,28)/t19-/m1/s1. The zero-order valence-corrected chi connectivity index (χ0v) is 17.5. The average molecular weight is 409 g/mol. The number of benzene rings is 3. The van der Waals surface area contributed by atoms with Gasteiger partial charge in [0, 0.05) is 11.5 Å². The molecule has 5 aromatic rings. The molecule has 0 aliphatic heterocycles. The summed E-state index contributed by atoms with van der Waals surface area (Å²) in [6.07, 6.45) is 0. The van der Waals surface area contributed by atoms with Crippen LogP contribution in [0.4, 0.5) is 5.82 Å². The molecule has 154 valence electrons. The minimum absolute atomic E-state index is 0.361. The van der Waals surface area contributed by atoms with E-state index in [0.717, 1.165) is 39.2 Å². The SMILES string of the molecule is Cc1cc2nc(N[C@H](C)C(O)(c3ccccc3)c3ccccc3)c3ccccc3n2n1. The molecule has 0 aliphatic rings. The highest BCUT2D eigenvalue weighted by molar-refractivity contribution is 5.91. The van der Waals surface area contributed by atoms with Crippen molar-refractivity contribution in [1.82, 2.24) is 14.6 Å². The van der Waals surface area contributed by atoms with Crippen molar-refractivity contribution < 1.29 is 5.11 Å². The van der Waals surface area contributed by atoms with Gasteiger partial charge in [-0.15, -0.1) is 0 Å². The molecule has 0 unspecified atom stereocenters. The summed E-state index contributed by atoms with van der Waals surface area (Å²) in [7, 11) is 0. The normalized spacial score (nSPS) is 12.9. The third kappa shape index (κ3) is 3.23. The van der Waals surface area contributed by atoms with Crippen LogP contribution in [-0.2, 0) is 5.60 Å². The molecule has 0 saturated carbocycles. The zero-order chi connectivity index (χ0) is 21.4. The first-order valence-corrected chi connectivity index (χ1v) is 10.4. The van der Waals surface area contributed by atoms with E-state index in [1.165, 1.54) is 0 Å². The van der Waals surface area contributed by atoms with Crippen LogP contribution in [0.1, 0.15) is 23.7 Å². The van der Waals surface area contributed by atoms with E-state index in [1.807, 2.05) is 109 Å². The van der Waals surface area contributed by atoms with Crippen molar-refractivity contribution in [2.75, 3.05) is 5.32 Å². The zero-order valence-electron chi connectivity index (χ0n) is 17.5. The smallest absolute Gasteiger partial charge is 0.158 e. The van der Waals surface area contributed by atoms with Crippen LogP contribution < -0.4 is 5.32 Å². The summed E-state index contributed by atoms with van der Waals surface area (Å²) in [5.41, 5.74) is 3.06. The van der Waals surface area contributed by atoms with Crippen molar-refractivity contribution in [2.24, 2.45) is 0 Å². The number of fused-ring (bicyclic) bond motifs is 3. The highest BCUT2D eigenvalue weighted by Crippen LogP contribution is 2.35. The van der Waals surface area contributed by atoms with Gasteiger partial charge in [0.25, 0.3) is 0 Å². The molecule has 1 atom stereocenters. The van der Waals surface area contributed by atoms with Gasteiger partial charge in [0.05, 0.1) is 17.3 Å². The monoisotopic (exact) mass is 408 g/mol. The van der Waals surface area contributed by atoms with Crippen LogP contribution in [0, 0.1) is 6.92 Å². The lowest BCUT2D eigenvalue weighted by Crippen LogP contribution is -2.43. The van der Waals surface area contributed by atoms with Crippen LogP contribution in [0.2, 0.25) is 0 Å². The quantitative estimate of drug-likeness (QED) is 0.433. The number of aryl methyl sites for hydroxylation is 1. The molecule has 3 aromatic carbocycles. The molecule has 5 rings (SSSR count). The number of aromatic nitrogens is 3. The fourth-order valence-electron chi connectivity index (χ4n) is 4.25. The number of para-hydroxylation sites is 1. The van der Waals surface area contributed by atoms with E-state index < -0.39 is 5.60 Å². The first-order valence-electron chi connectivity index (χ1n) is 10.4. The Morgan fingerprint density at radius 2 is 1.45 bits per heavy atom. The van der Waals surface area contributed by atoms with Gasteiger partial charge in [0.1, 0.15) is 11.4 Å². The Kier molecular flexibility index (Phi) is 4.68. The molecule has 2 N–H and O–H groups in total. The molecule has 2 heterocycles. The second-order valence-corrected chi connectivity index (χ2v) is 7.90. The molecule has 0 amide bonds. The van der Waals surface area contributed by atoms with Crippen molar-refractivity contribution in [3.05, 3.63) is 108 Å². The first-order chi connectivity index (χ1) is 15.1. The summed E-state index contributed by atoms with van der Waals surface area (Å²) in [4.78, 5) is 4.84. The number of anilines is 1. The molecule has 2 aromatic heterocycles. The van der Waals surface area contributed by atoms with Crippen LogP contribution in [0.3, 0.4) is 0 Å². The van der Waals surface area contributed by atoms with Crippen molar-refractivity contribution in [2.45, 2.75) is 25.5 Å². The number of aliphatic hydroxyl groups is 1. The molecule has 31 heavy (non-hydrogen) atoms. The second kappa shape index (κ2) is 7.52. The Bertz CT molecular complexity index is 1310. The minimum atomic E-state index is -1.24. The maximum Gasteiger partial charge on any atom is 0.158 e. The Balaban J connectivity index is 1.65. The van der Waals surface area contributed by atoms with Gasteiger partial charge in [0.15, 0.2) is 5.65 Å². The van der Waals surface area contributed by atoms with E-state index in [2.05, 4.69) is 10.4 Å². The van der Waals surface area contributed by atoms with Gasteiger partial charge in [-0.05, 0) is 37.1 Å². The molecule has 5 nitrogen and oxygen atoms in total. The number of hydrogen-bond acceptors (Lipinski definition) is 4. The lowest BCUT2D eigenvalue weighted by Gasteiger charge is -2.36. The number of hydrogen-bond donors (Lipinski definition) is 2. The first kappa shape index (κ1) is 19.3. The van der Waals surface area contributed by atoms with E-state index in [-0.39, 0.29) is 6.04 Å². The predicted octanol–water partition coefficient (Wildman–Crippen LogP) is 4.93. The lowest BCUT2D eigenvalue weighted by atomic mass is 9.81. The minimum Gasteiger partial charge on any atom is -0.378 e. The van der Waals surface area contributed by atoms with Crippen molar-refractivity contribution in [3.63, 3.8) is 0 Å². The lowest BCUT2D eigenvalue weighted by molar-refractivity contribution is 0.0646. The van der Waals surface area contributed by atoms with Gasteiger partial charge < -0.3 is 10.4 Å². The molecular formula is C26H24N4O. The maximum atomic E-state index is 12.1. The molecular weight excluding hydrogens is 384 g/mol. The summed E-state index contributed by atoms with van der Waals surface area (Å²) < 4.78 is 1.86. The summed E-state index contributed by atoms with van der Waals surface area (Å²) >= 11 is 0. The predicted molar refractivity (Wildman–Crippen MR) is 124 cm³/mol. The average Bonchev–Trinajstić information content (AvgIpc) is 3.20. The van der Waals surface area contributed by atoms with Gasteiger partial charge in [-0.3, -0.25) is 0 Å². The molecule has 0 radical (unpaired) electrons. The van der Waals surface area contributed by atoms with Crippen molar-refractivity contribution in [3.8, 4) is 0 Å². The Morgan fingerprint density at radius 1 is 0.871 bits per heavy atom. The second-order valence-electron chi connectivity index (χ2n) is 7.90.